The lowest BCUT2D eigenvalue weighted by Crippen LogP contribution is -2.39. The zero-order valence-electron chi connectivity index (χ0n) is 16.0. The molecule has 0 saturated carbocycles. The quantitative estimate of drug-likeness (QED) is 0.631. The molecule has 4 heterocycles. The number of anilines is 1. The van der Waals surface area contributed by atoms with Crippen molar-refractivity contribution in [2.24, 2.45) is 0 Å². The van der Waals surface area contributed by atoms with Gasteiger partial charge >= 0.3 is 0 Å². The van der Waals surface area contributed by atoms with Crippen LogP contribution >= 0.6 is 0 Å². The van der Waals surface area contributed by atoms with Crippen LogP contribution in [0.1, 0.15) is 24.0 Å². The normalized spacial score (nSPS) is 20.6. The third-order valence-corrected chi connectivity index (χ3v) is 5.43. The van der Waals surface area contributed by atoms with Gasteiger partial charge in [-0.2, -0.15) is 0 Å². The molecule has 4 rings (SSSR count). The highest BCUT2D eigenvalue weighted by Crippen LogP contribution is 2.21. The predicted octanol–water partition coefficient (Wildman–Crippen LogP) is 1.47. The number of carbonyl (C=O) groups is 2. The number of aromatic nitrogens is 1. The third kappa shape index (κ3) is 4.66. The monoisotopic (exact) mass is 382 g/mol. The van der Waals surface area contributed by atoms with E-state index in [9.17, 15) is 9.59 Å². The van der Waals surface area contributed by atoms with Gasteiger partial charge in [-0.1, -0.05) is 11.6 Å². The largest absolute Gasteiger partial charge is 0.379 e. The second-order valence-electron chi connectivity index (χ2n) is 7.44. The topological polar surface area (TPSA) is 74.8 Å². The minimum Gasteiger partial charge on any atom is -0.379 e. The van der Waals surface area contributed by atoms with Gasteiger partial charge < -0.3 is 15.0 Å². The Bertz CT molecular complexity index is 812. The number of hydrogen-bond acceptors (Lipinski definition) is 5. The van der Waals surface area contributed by atoms with Crippen molar-refractivity contribution in [3.05, 3.63) is 41.1 Å². The summed E-state index contributed by atoms with van der Waals surface area (Å²) in [4.78, 5) is 32.5. The van der Waals surface area contributed by atoms with E-state index >= 15 is 0 Å². The molecule has 3 aliphatic rings. The fourth-order valence-corrected chi connectivity index (χ4v) is 3.74. The molecule has 0 aliphatic carbocycles. The fraction of sp³-hybridized carbons (Fsp3) is 0.476. The average Bonchev–Trinajstić information content (AvgIpc) is 2.73. The maximum atomic E-state index is 12.5. The molecule has 0 spiro atoms. The van der Waals surface area contributed by atoms with Gasteiger partial charge in [-0.25, -0.2) is 4.98 Å². The molecular weight excluding hydrogens is 356 g/mol. The number of aryl methyl sites for hydroxylation is 1. The molecule has 7 heteroatoms. The van der Waals surface area contributed by atoms with Gasteiger partial charge in [-0.05, 0) is 36.1 Å². The molecule has 1 fully saturated rings. The van der Waals surface area contributed by atoms with E-state index in [4.69, 9.17) is 4.74 Å². The number of fused-ring (bicyclic) bond motifs is 1. The van der Waals surface area contributed by atoms with E-state index in [-0.39, 0.29) is 11.8 Å². The summed E-state index contributed by atoms with van der Waals surface area (Å²) in [5.41, 5.74) is 3.31. The zero-order chi connectivity index (χ0) is 19.3. The highest BCUT2D eigenvalue weighted by atomic mass is 16.5. The van der Waals surface area contributed by atoms with E-state index in [1.807, 2.05) is 11.0 Å². The molecule has 2 amide bonds. The summed E-state index contributed by atoms with van der Waals surface area (Å²) in [6.07, 6.45) is 9.39. The molecule has 28 heavy (non-hydrogen) atoms. The van der Waals surface area contributed by atoms with E-state index in [1.165, 1.54) is 5.57 Å². The Hall–Kier alpha value is -2.51. The van der Waals surface area contributed by atoms with E-state index in [0.29, 0.717) is 25.2 Å². The molecule has 148 valence electrons. The maximum Gasteiger partial charge on any atom is 0.246 e. The standard InChI is InChI=1S/C21H26N4O3/c26-19-3-2-18-13-17(14-22-21(18)23-19)1-4-20(27)25-7-5-16(6-8-25)15-24-9-11-28-12-10-24/h1,4-5,13-14H,2-3,6-12,15H2,(H,22,23,26)/b4-1+. The Kier molecular flexibility index (Phi) is 5.83. The Balaban J connectivity index is 1.31. The van der Waals surface area contributed by atoms with Crippen LogP contribution in [0.25, 0.3) is 6.08 Å². The summed E-state index contributed by atoms with van der Waals surface area (Å²) in [7, 11) is 0. The maximum absolute atomic E-state index is 12.5. The number of amides is 2. The molecule has 1 aromatic heterocycles. The lowest BCUT2D eigenvalue weighted by Gasteiger charge is -2.31. The van der Waals surface area contributed by atoms with Gasteiger partial charge in [-0.15, -0.1) is 0 Å². The molecule has 3 aliphatic heterocycles. The summed E-state index contributed by atoms with van der Waals surface area (Å²) < 4.78 is 5.39. The van der Waals surface area contributed by atoms with Crippen molar-refractivity contribution in [1.29, 1.82) is 0 Å². The van der Waals surface area contributed by atoms with Crippen LogP contribution < -0.4 is 5.32 Å². The second kappa shape index (κ2) is 8.67. The number of carbonyl (C=O) groups excluding carboxylic acids is 2. The number of nitrogens with one attached hydrogen (secondary N) is 1. The number of nitrogens with zero attached hydrogens (tertiary/aromatic N) is 3. The van der Waals surface area contributed by atoms with Gasteiger partial charge in [0.1, 0.15) is 5.82 Å². The number of hydrogen-bond donors (Lipinski definition) is 1. The van der Waals surface area contributed by atoms with Crippen LogP contribution in [0, 0.1) is 0 Å². The SMILES string of the molecule is O=C1CCc2cc(/C=C/C(=O)N3CC=C(CN4CCOCC4)CC3)cnc2N1. The van der Waals surface area contributed by atoms with Crippen LogP contribution in [-0.4, -0.2) is 72.5 Å². The van der Waals surface area contributed by atoms with Crippen LogP contribution in [0.15, 0.2) is 30.0 Å². The molecule has 0 aromatic carbocycles. The molecular formula is C21H26N4O3. The predicted molar refractivity (Wildman–Crippen MR) is 107 cm³/mol. The minimum absolute atomic E-state index is 0.00427. The van der Waals surface area contributed by atoms with Crippen LogP contribution in [-0.2, 0) is 20.7 Å². The first-order chi connectivity index (χ1) is 13.7. The Morgan fingerprint density at radius 3 is 2.86 bits per heavy atom. The van der Waals surface area contributed by atoms with Crippen LogP contribution in [0.2, 0.25) is 0 Å². The third-order valence-electron chi connectivity index (χ3n) is 5.43. The second-order valence-corrected chi connectivity index (χ2v) is 7.44. The van der Waals surface area contributed by atoms with Gasteiger partial charge in [0.2, 0.25) is 11.8 Å². The number of morpholine rings is 1. The first-order valence-corrected chi connectivity index (χ1v) is 9.91. The van der Waals surface area contributed by atoms with E-state index in [2.05, 4.69) is 21.3 Å². The number of rotatable bonds is 4. The van der Waals surface area contributed by atoms with E-state index in [0.717, 1.165) is 56.9 Å². The van der Waals surface area contributed by atoms with Crippen LogP contribution in [0.4, 0.5) is 5.82 Å². The Labute approximate surface area is 165 Å². The summed E-state index contributed by atoms with van der Waals surface area (Å²) in [6, 6.07) is 1.99. The van der Waals surface area contributed by atoms with Crippen molar-refractivity contribution in [1.82, 2.24) is 14.8 Å². The molecule has 7 nitrogen and oxygen atoms in total. The van der Waals surface area contributed by atoms with Gasteiger partial charge in [0.25, 0.3) is 0 Å². The van der Waals surface area contributed by atoms with Gasteiger partial charge in [0.15, 0.2) is 0 Å². The molecule has 1 aromatic rings. The molecule has 1 saturated heterocycles. The lowest BCUT2D eigenvalue weighted by atomic mass is 10.0. The van der Waals surface area contributed by atoms with Crippen molar-refractivity contribution in [2.45, 2.75) is 19.3 Å². The fourth-order valence-electron chi connectivity index (χ4n) is 3.74. The van der Waals surface area contributed by atoms with Crippen molar-refractivity contribution in [3.8, 4) is 0 Å². The first kappa shape index (κ1) is 18.8. The summed E-state index contributed by atoms with van der Waals surface area (Å²) >= 11 is 0. The zero-order valence-corrected chi connectivity index (χ0v) is 16.0. The number of pyridine rings is 1. The Morgan fingerprint density at radius 1 is 1.21 bits per heavy atom. The molecule has 0 atom stereocenters. The summed E-state index contributed by atoms with van der Waals surface area (Å²) in [5, 5.41) is 2.77. The van der Waals surface area contributed by atoms with Crippen molar-refractivity contribution in [2.75, 3.05) is 51.3 Å². The Morgan fingerprint density at radius 2 is 2.07 bits per heavy atom. The molecule has 0 unspecified atom stereocenters. The van der Waals surface area contributed by atoms with Crippen molar-refractivity contribution >= 4 is 23.7 Å². The van der Waals surface area contributed by atoms with Crippen molar-refractivity contribution in [3.63, 3.8) is 0 Å². The highest BCUT2D eigenvalue weighted by Gasteiger charge is 2.19. The first-order valence-electron chi connectivity index (χ1n) is 9.91. The minimum atomic E-state index is 0.00427. The van der Waals surface area contributed by atoms with Gasteiger partial charge in [-0.3, -0.25) is 14.5 Å². The summed E-state index contributed by atoms with van der Waals surface area (Å²) in [6.45, 7) is 6.01. The molecule has 1 N–H and O–H groups in total. The van der Waals surface area contributed by atoms with E-state index < -0.39 is 0 Å². The lowest BCUT2D eigenvalue weighted by molar-refractivity contribution is -0.125. The van der Waals surface area contributed by atoms with Gasteiger partial charge in [0.05, 0.1) is 13.2 Å². The number of ether oxygens (including phenoxy) is 1. The average molecular weight is 382 g/mol. The summed E-state index contributed by atoms with van der Waals surface area (Å²) in [5.74, 6) is 0.658. The van der Waals surface area contributed by atoms with Gasteiger partial charge in [0, 0.05) is 51.4 Å². The van der Waals surface area contributed by atoms with Crippen LogP contribution in [0.5, 0.6) is 0 Å². The molecule has 0 radical (unpaired) electrons. The van der Waals surface area contributed by atoms with Crippen LogP contribution in [0.3, 0.4) is 0 Å². The highest BCUT2D eigenvalue weighted by molar-refractivity contribution is 5.94. The molecule has 0 bridgehead atoms. The van der Waals surface area contributed by atoms with Crippen molar-refractivity contribution < 1.29 is 14.3 Å². The smallest absolute Gasteiger partial charge is 0.246 e. The van der Waals surface area contributed by atoms with E-state index in [1.54, 1.807) is 18.3 Å².